The van der Waals surface area contributed by atoms with Gasteiger partial charge in [0.15, 0.2) is 0 Å². The highest BCUT2D eigenvalue weighted by molar-refractivity contribution is 7.19. The summed E-state index contributed by atoms with van der Waals surface area (Å²) in [6, 6.07) is 22.7. The standard InChI is InChI=1S/C23H16N4O3S/c28-23-25-20(14-7-2-1-3-8-14)19(22-24-17-11-4-5-12-18(17)31-22)21(26-23)15-9-6-10-16(13-15)27(29)30/h1-13,21H,(H2,25,26,28)/t21-/m0/s1. The lowest BCUT2D eigenvalue weighted by molar-refractivity contribution is -0.384. The van der Waals surface area contributed by atoms with Crippen LogP contribution in [0.4, 0.5) is 10.5 Å². The average Bonchev–Trinajstić information content (AvgIpc) is 3.23. The molecule has 2 heterocycles. The molecule has 31 heavy (non-hydrogen) atoms. The number of para-hydroxylation sites is 1. The van der Waals surface area contributed by atoms with Crippen LogP contribution in [0.1, 0.15) is 22.2 Å². The lowest BCUT2D eigenvalue weighted by Gasteiger charge is -2.29. The summed E-state index contributed by atoms with van der Waals surface area (Å²) < 4.78 is 1.02. The molecule has 7 nitrogen and oxygen atoms in total. The minimum Gasteiger partial charge on any atom is -0.327 e. The number of nitrogens with one attached hydrogen (secondary N) is 2. The molecule has 0 saturated carbocycles. The van der Waals surface area contributed by atoms with E-state index in [0.29, 0.717) is 11.3 Å². The van der Waals surface area contributed by atoms with Crippen LogP contribution in [0.15, 0.2) is 78.9 Å². The maximum atomic E-state index is 12.6. The van der Waals surface area contributed by atoms with Crippen molar-refractivity contribution in [3.63, 3.8) is 0 Å². The van der Waals surface area contributed by atoms with Gasteiger partial charge >= 0.3 is 6.03 Å². The Morgan fingerprint density at radius 3 is 2.52 bits per heavy atom. The Morgan fingerprint density at radius 2 is 1.74 bits per heavy atom. The van der Waals surface area contributed by atoms with Gasteiger partial charge in [-0.3, -0.25) is 10.1 Å². The Morgan fingerprint density at radius 1 is 0.968 bits per heavy atom. The second-order valence-corrected chi connectivity index (χ2v) is 8.06. The van der Waals surface area contributed by atoms with E-state index in [0.717, 1.165) is 26.4 Å². The SMILES string of the molecule is O=C1NC(c2ccccc2)=C(c2nc3ccccc3s2)[C@H](c2cccc([N+](=O)[O-])c2)N1. The number of hydrogen-bond acceptors (Lipinski definition) is 5. The number of urea groups is 1. The zero-order chi connectivity index (χ0) is 21.4. The van der Waals surface area contributed by atoms with E-state index in [9.17, 15) is 14.9 Å². The van der Waals surface area contributed by atoms with Gasteiger partial charge in [-0.25, -0.2) is 9.78 Å². The van der Waals surface area contributed by atoms with Gasteiger partial charge in [0.05, 0.1) is 26.9 Å². The fourth-order valence-corrected chi connectivity index (χ4v) is 4.73. The van der Waals surface area contributed by atoms with E-state index in [1.807, 2.05) is 54.6 Å². The molecule has 3 aromatic carbocycles. The number of thiazole rings is 1. The van der Waals surface area contributed by atoms with Gasteiger partial charge in [-0.2, -0.15) is 0 Å². The molecular weight excluding hydrogens is 412 g/mol. The van der Waals surface area contributed by atoms with Crippen molar-refractivity contribution in [3.8, 4) is 0 Å². The summed E-state index contributed by atoms with van der Waals surface area (Å²) in [6.45, 7) is 0. The normalized spacial score (nSPS) is 16.1. The molecule has 0 spiro atoms. The van der Waals surface area contributed by atoms with Crippen molar-refractivity contribution in [1.82, 2.24) is 15.6 Å². The number of hydrogen-bond donors (Lipinski definition) is 2. The Labute approximate surface area is 181 Å². The van der Waals surface area contributed by atoms with Crippen molar-refractivity contribution in [2.24, 2.45) is 0 Å². The Bertz CT molecular complexity index is 1310. The largest absolute Gasteiger partial charge is 0.327 e. The van der Waals surface area contributed by atoms with Crippen molar-refractivity contribution in [3.05, 3.63) is 105 Å². The van der Waals surface area contributed by atoms with Gasteiger partial charge in [-0.1, -0.05) is 54.6 Å². The predicted octanol–water partition coefficient (Wildman–Crippen LogP) is 5.13. The minimum absolute atomic E-state index is 0.0322. The van der Waals surface area contributed by atoms with Crippen LogP contribution in [0.25, 0.3) is 21.5 Å². The third kappa shape index (κ3) is 3.53. The van der Waals surface area contributed by atoms with Gasteiger partial charge in [0.2, 0.25) is 0 Å². The van der Waals surface area contributed by atoms with E-state index in [-0.39, 0.29) is 11.7 Å². The number of non-ortho nitro benzene ring substituents is 1. The van der Waals surface area contributed by atoms with Crippen LogP contribution in [0.3, 0.4) is 0 Å². The first-order chi connectivity index (χ1) is 15.1. The molecule has 4 aromatic rings. The summed E-state index contributed by atoms with van der Waals surface area (Å²) in [5.41, 5.74) is 3.69. The van der Waals surface area contributed by atoms with Crippen LogP contribution >= 0.6 is 11.3 Å². The fourth-order valence-electron chi connectivity index (χ4n) is 3.68. The first kappa shape index (κ1) is 19.0. The molecule has 0 saturated heterocycles. The number of rotatable bonds is 4. The van der Waals surface area contributed by atoms with Crippen LogP contribution in [-0.4, -0.2) is 15.9 Å². The van der Waals surface area contributed by atoms with Crippen LogP contribution in [0, 0.1) is 10.1 Å². The van der Waals surface area contributed by atoms with Gasteiger partial charge in [-0.05, 0) is 23.3 Å². The smallest absolute Gasteiger partial charge is 0.320 e. The number of nitro groups is 1. The third-order valence-electron chi connectivity index (χ3n) is 5.07. The number of aromatic nitrogens is 1. The molecular formula is C23H16N4O3S. The van der Waals surface area contributed by atoms with Gasteiger partial charge in [0, 0.05) is 17.7 Å². The summed E-state index contributed by atoms with van der Waals surface area (Å²) in [4.78, 5) is 28.3. The van der Waals surface area contributed by atoms with Crippen LogP contribution in [0.2, 0.25) is 0 Å². The summed E-state index contributed by atoms with van der Waals surface area (Å²) in [6.07, 6.45) is 0. The van der Waals surface area contributed by atoms with Crippen LogP contribution in [-0.2, 0) is 0 Å². The molecule has 8 heteroatoms. The molecule has 0 bridgehead atoms. The highest BCUT2D eigenvalue weighted by atomic mass is 32.1. The molecule has 0 radical (unpaired) electrons. The van der Waals surface area contributed by atoms with E-state index in [2.05, 4.69) is 10.6 Å². The van der Waals surface area contributed by atoms with E-state index < -0.39 is 11.0 Å². The Kier molecular flexibility index (Phi) is 4.68. The summed E-state index contributed by atoms with van der Waals surface area (Å²) in [7, 11) is 0. The zero-order valence-electron chi connectivity index (χ0n) is 16.1. The monoisotopic (exact) mass is 428 g/mol. The highest BCUT2D eigenvalue weighted by Gasteiger charge is 2.32. The molecule has 1 aromatic heterocycles. The number of benzene rings is 3. The molecule has 2 amide bonds. The van der Waals surface area contributed by atoms with Crippen molar-refractivity contribution >= 4 is 44.5 Å². The molecule has 152 valence electrons. The number of nitrogens with zero attached hydrogens (tertiary/aromatic N) is 2. The lowest BCUT2D eigenvalue weighted by Crippen LogP contribution is -2.42. The van der Waals surface area contributed by atoms with Crippen molar-refractivity contribution in [2.75, 3.05) is 0 Å². The number of amides is 2. The van der Waals surface area contributed by atoms with E-state index >= 15 is 0 Å². The van der Waals surface area contributed by atoms with Crippen molar-refractivity contribution < 1.29 is 9.72 Å². The number of nitro benzene ring substituents is 1. The number of carbonyl (C=O) groups is 1. The summed E-state index contributed by atoms with van der Waals surface area (Å²) in [5.74, 6) is 0. The molecule has 0 unspecified atom stereocenters. The van der Waals surface area contributed by atoms with Gasteiger partial charge in [0.1, 0.15) is 5.01 Å². The van der Waals surface area contributed by atoms with Crippen LogP contribution in [0.5, 0.6) is 0 Å². The molecule has 1 aliphatic heterocycles. The molecule has 5 rings (SSSR count). The predicted molar refractivity (Wildman–Crippen MR) is 120 cm³/mol. The maximum Gasteiger partial charge on any atom is 0.320 e. The van der Waals surface area contributed by atoms with Crippen LogP contribution < -0.4 is 10.6 Å². The number of fused-ring (bicyclic) bond motifs is 1. The van der Waals surface area contributed by atoms with E-state index in [1.165, 1.54) is 23.5 Å². The molecule has 0 fully saturated rings. The first-order valence-electron chi connectivity index (χ1n) is 9.57. The van der Waals surface area contributed by atoms with Gasteiger partial charge in [0.25, 0.3) is 5.69 Å². The van der Waals surface area contributed by atoms with Crippen molar-refractivity contribution in [1.29, 1.82) is 0 Å². The second-order valence-electron chi connectivity index (χ2n) is 7.03. The molecule has 2 N–H and O–H groups in total. The lowest BCUT2D eigenvalue weighted by atomic mass is 9.93. The molecule has 0 aliphatic carbocycles. The highest BCUT2D eigenvalue weighted by Crippen LogP contribution is 2.41. The third-order valence-corrected chi connectivity index (χ3v) is 6.14. The summed E-state index contributed by atoms with van der Waals surface area (Å²) >= 11 is 1.52. The summed E-state index contributed by atoms with van der Waals surface area (Å²) in [5, 5.41) is 17.9. The Balaban J connectivity index is 1.76. The Hall–Kier alpha value is -4.04. The van der Waals surface area contributed by atoms with Crippen molar-refractivity contribution in [2.45, 2.75) is 6.04 Å². The molecule has 1 aliphatic rings. The van der Waals surface area contributed by atoms with E-state index in [4.69, 9.17) is 4.98 Å². The topological polar surface area (TPSA) is 97.2 Å². The fraction of sp³-hybridized carbons (Fsp3) is 0.0435. The second kappa shape index (κ2) is 7.66. The van der Waals surface area contributed by atoms with Gasteiger partial charge in [-0.15, -0.1) is 11.3 Å². The first-order valence-corrected chi connectivity index (χ1v) is 10.4. The minimum atomic E-state index is -0.593. The molecule has 1 atom stereocenters. The van der Waals surface area contributed by atoms with E-state index in [1.54, 1.807) is 12.1 Å². The quantitative estimate of drug-likeness (QED) is 0.348. The average molecular weight is 428 g/mol. The zero-order valence-corrected chi connectivity index (χ0v) is 16.9. The number of carbonyl (C=O) groups excluding carboxylic acids is 1. The van der Waals surface area contributed by atoms with Gasteiger partial charge < -0.3 is 10.6 Å². The maximum absolute atomic E-state index is 12.6.